The number of Topliss-reactive ketones (excluding diaryl/α,β-unsaturated/α-hetero) is 1. The third-order valence-corrected chi connectivity index (χ3v) is 6.25. The van der Waals surface area contributed by atoms with Gasteiger partial charge in [-0.25, -0.2) is 0 Å². The molecule has 3 heterocycles. The number of ether oxygens (including phenoxy) is 5. The number of ketones is 1. The second kappa shape index (κ2) is 8.43. The molecule has 34 heavy (non-hydrogen) atoms. The maximum Gasteiger partial charge on any atom is 0.231 e. The molecule has 172 valence electrons. The van der Waals surface area contributed by atoms with E-state index >= 15 is 0 Å². The summed E-state index contributed by atoms with van der Waals surface area (Å²) in [6.07, 6.45) is 2.62. The first kappa shape index (κ1) is 20.6. The van der Waals surface area contributed by atoms with Crippen LogP contribution in [-0.4, -0.2) is 37.9 Å². The second-order valence-electron chi connectivity index (χ2n) is 8.40. The number of fused-ring (bicyclic) bond motifs is 4. The summed E-state index contributed by atoms with van der Waals surface area (Å²) in [6.45, 7) is 2.18. The summed E-state index contributed by atoms with van der Waals surface area (Å²) in [6, 6.07) is 17.3. The van der Waals surface area contributed by atoms with Gasteiger partial charge in [0.15, 0.2) is 17.3 Å². The van der Waals surface area contributed by atoms with Crippen molar-refractivity contribution in [3.63, 3.8) is 0 Å². The third kappa shape index (κ3) is 3.74. The molecule has 3 aromatic carbocycles. The molecule has 0 bridgehead atoms. The van der Waals surface area contributed by atoms with Crippen LogP contribution in [0.3, 0.4) is 0 Å². The predicted molar refractivity (Wildman–Crippen MR) is 125 cm³/mol. The maximum atomic E-state index is 13.1. The van der Waals surface area contributed by atoms with E-state index in [9.17, 15) is 4.79 Å². The molecule has 0 aliphatic carbocycles. The zero-order valence-electron chi connectivity index (χ0n) is 18.7. The molecule has 0 aromatic heterocycles. The van der Waals surface area contributed by atoms with Gasteiger partial charge in [0.1, 0.15) is 24.0 Å². The quantitative estimate of drug-likeness (QED) is 0.525. The number of hydrogen-bond donors (Lipinski definition) is 0. The van der Waals surface area contributed by atoms with Gasteiger partial charge in [-0.05, 0) is 60.0 Å². The van der Waals surface area contributed by atoms with E-state index in [1.54, 1.807) is 19.3 Å². The SMILES string of the molecule is COc1ccc(CCN2COc3ccc4c(c3C2)O/C(=C\c2ccc3c(c2)OCO3)C4=O)cc1. The fraction of sp³-hybridized carbons (Fsp3) is 0.222. The topological polar surface area (TPSA) is 66.5 Å². The molecule has 7 nitrogen and oxygen atoms in total. The molecule has 6 rings (SSSR count). The second-order valence-corrected chi connectivity index (χ2v) is 8.40. The number of nitrogens with zero attached hydrogens (tertiary/aromatic N) is 1. The van der Waals surface area contributed by atoms with Crippen LogP contribution in [0.25, 0.3) is 6.08 Å². The normalized spacial score (nSPS) is 17.2. The standard InChI is InChI=1S/C27H23NO6/c1-30-19-5-2-17(3-6-19)10-11-28-14-21-22(31-15-28)9-7-20-26(29)25(34-27(20)21)13-18-4-8-23-24(12-18)33-16-32-23/h2-9,12-13H,10-11,14-16H2,1H3/b25-13-. The zero-order valence-corrected chi connectivity index (χ0v) is 18.7. The fourth-order valence-corrected chi connectivity index (χ4v) is 4.38. The van der Waals surface area contributed by atoms with Crippen LogP contribution in [0.4, 0.5) is 0 Å². The number of methoxy groups -OCH3 is 1. The van der Waals surface area contributed by atoms with Crippen LogP contribution < -0.4 is 23.7 Å². The first-order valence-electron chi connectivity index (χ1n) is 11.2. The van der Waals surface area contributed by atoms with Crippen molar-refractivity contribution in [2.45, 2.75) is 13.0 Å². The zero-order chi connectivity index (χ0) is 23.1. The van der Waals surface area contributed by atoms with Gasteiger partial charge in [-0.3, -0.25) is 9.69 Å². The molecular weight excluding hydrogens is 434 g/mol. The minimum absolute atomic E-state index is 0.133. The third-order valence-electron chi connectivity index (χ3n) is 6.25. The monoisotopic (exact) mass is 457 g/mol. The number of allylic oxidation sites excluding steroid dienone is 1. The van der Waals surface area contributed by atoms with Crippen LogP contribution in [0.1, 0.15) is 27.0 Å². The van der Waals surface area contributed by atoms with Crippen molar-refractivity contribution in [3.05, 3.63) is 82.6 Å². The summed E-state index contributed by atoms with van der Waals surface area (Å²) in [5.41, 5.74) is 3.50. The van der Waals surface area contributed by atoms with Gasteiger partial charge in [-0.2, -0.15) is 0 Å². The highest BCUT2D eigenvalue weighted by Crippen LogP contribution is 2.42. The van der Waals surface area contributed by atoms with Crippen molar-refractivity contribution >= 4 is 11.9 Å². The number of carbonyl (C=O) groups is 1. The van der Waals surface area contributed by atoms with E-state index < -0.39 is 0 Å². The van der Waals surface area contributed by atoms with E-state index in [1.165, 1.54) is 5.56 Å². The summed E-state index contributed by atoms with van der Waals surface area (Å²) in [4.78, 5) is 15.3. The van der Waals surface area contributed by atoms with E-state index in [1.807, 2.05) is 36.4 Å². The highest BCUT2D eigenvalue weighted by atomic mass is 16.7. The Balaban J connectivity index is 1.20. The number of benzene rings is 3. The fourth-order valence-electron chi connectivity index (χ4n) is 4.38. The van der Waals surface area contributed by atoms with E-state index in [0.717, 1.165) is 35.6 Å². The molecule has 0 N–H and O–H groups in total. The minimum atomic E-state index is -0.133. The lowest BCUT2D eigenvalue weighted by molar-refractivity contribution is 0.0949. The molecule has 3 aromatic rings. The molecule has 0 radical (unpaired) electrons. The lowest BCUT2D eigenvalue weighted by Crippen LogP contribution is -2.33. The van der Waals surface area contributed by atoms with Gasteiger partial charge >= 0.3 is 0 Å². The minimum Gasteiger partial charge on any atom is -0.497 e. The van der Waals surface area contributed by atoms with Crippen LogP contribution in [0.5, 0.6) is 28.7 Å². The van der Waals surface area contributed by atoms with Crippen LogP contribution >= 0.6 is 0 Å². The lowest BCUT2D eigenvalue weighted by atomic mass is 10.0. The highest BCUT2D eigenvalue weighted by Gasteiger charge is 2.33. The van der Waals surface area contributed by atoms with Gasteiger partial charge in [0.2, 0.25) is 12.6 Å². The Morgan fingerprint density at radius 2 is 1.79 bits per heavy atom. The molecule has 0 fully saturated rings. The Morgan fingerprint density at radius 1 is 0.971 bits per heavy atom. The molecular formula is C27H23NO6. The van der Waals surface area contributed by atoms with Gasteiger partial charge in [0.05, 0.1) is 18.2 Å². The van der Waals surface area contributed by atoms with Gasteiger partial charge in [-0.15, -0.1) is 0 Å². The van der Waals surface area contributed by atoms with Crippen LogP contribution in [0.15, 0.2) is 60.4 Å². The number of rotatable bonds is 5. The summed E-state index contributed by atoms with van der Waals surface area (Å²) in [7, 11) is 1.67. The predicted octanol–water partition coefficient (Wildman–Crippen LogP) is 4.43. The Kier molecular flexibility index (Phi) is 5.11. The smallest absolute Gasteiger partial charge is 0.231 e. The molecule has 0 saturated heterocycles. The average molecular weight is 457 g/mol. The van der Waals surface area contributed by atoms with Gasteiger partial charge < -0.3 is 23.7 Å². The summed E-state index contributed by atoms with van der Waals surface area (Å²) in [5.74, 6) is 3.71. The Morgan fingerprint density at radius 3 is 2.65 bits per heavy atom. The van der Waals surface area contributed by atoms with Crippen molar-refractivity contribution in [1.29, 1.82) is 0 Å². The molecule has 7 heteroatoms. The van der Waals surface area contributed by atoms with E-state index in [2.05, 4.69) is 17.0 Å². The molecule has 3 aliphatic rings. The largest absolute Gasteiger partial charge is 0.497 e. The van der Waals surface area contributed by atoms with Crippen LogP contribution in [0, 0.1) is 0 Å². The van der Waals surface area contributed by atoms with Gasteiger partial charge in [0, 0.05) is 13.1 Å². The van der Waals surface area contributed by atoms with Crippen LogP contribution in [-0.2, 0) is 13.0 Å². The lowest BCUT2D eigenvalue weighted by Gasteiger charge is -2.29. The van der Waals surface area contributed by atoms with E-state index in [4.69, 9.17) is 23.7 Å². The Labute approximate surface area is 197 Å². The first-order valence-corrected chi connectivity index (χ1v) is 11.2. The van der Waals surface area contributed by atoms with Gasteiger partial charge in [0.25, 0.3) is 0 Å². The number of hydrogen-bond acceptors (Lipinski definition) is 7. The van der Waals surface area contributed by atoms with Crippen molar-refractivity contribution in [3.8, 4) is 28.7 Å². The average Bonchev–Trinajstić information content (AvgIpc) is 3.47. The first-order chi connectivity index (χ1) is 16.7. The molecule has 0 saturated carbocycles. The van der Waals surface area contributed by atoms with Crippen molar-refractivity contribution in [2.75, 3.05) is 27.2 Å². The highest BCUT2D eigenvalue weighted by molar-refractivity contribution is 6.15. The maximum absolute atomic E-state index is 13.1. The number of carbonyl (C=O) groups excluding carboxylic acids is 1. The molecule has 0 atom stereocenters. The summed E-state index contributed by atoms with van der Waals surface area (Å²) in [5, 5.41) is 0. The molecule has 0 spiro atoms. The molecule has 0 amide bonds. The van der Waals surface area contributed by atoms with Gasteiger partial charge in [-0.1, -0.05) is 18.2 Å². The van der Waals surface area contributed by atoms with Crippen molar-refractivity contribution in [2.24, 2.45) is 0 Å². The molecule has 0 unspecified atom stereocenters. The summed E-state index contributed by atoms with van der Waals surface area (Å²) >= 11 is 0. The van der Waals surface area contributed by atoms with Crippen LogP contribution in [0.2, 0.25) is 0 Å². The van der Waals surface area contributed by atoms with Crippen molar-refractivity contribution in [1.82, 2.24) is 4.90 Å². The summed E-state index contributed by atoms with van der Waals surface area (Å²) < 4.78 is 28.1. The van der Waals surface area contributed by atoms with E-state index in [-0.39, 0.29) is 18.3 Å². The van der Waals surface area contributed by atoms with E-state index in [0.29, 0.717) is 36.1 Å². The Hall–Kier alpha value is -3.97. The van der Waals surface area contributed by atoms with Crippen molar-refractivity contribution < 1.29 is 28.5 Å². The Bertz CT molecular complexity index is 1300. The molecule has 3 aliphatic heterocycles.